The topological polar surface area (TPSA) is 28.2 Å². The smallest absolute Gasteiger partial charge is 0.0652 e. The normalized spacial score (nSPS) is 19.4. The second-order valence-electron chi connectivity index (χ2n) is 6.07. The second kappa shape index (κ2) is 5.96. The summed E-state index contributed by atoms with van der Waals surface area (Å²) < 4.78 is 0. The van der Waals surface area contributed by atoms with Crippen LogP contribution < -0.4 is 5.32 Å². The fraction of sp³-hybridized carbons (Fsp3) is 0.643. The summed E-state index contributed by atoms with van der Waals surface area (Å²) in [4.78, 5) is 6.52. The van der Waals surface area contributed by atoms with Crippen LogP contribution in [0.5, 0.6) is 0 Å². The first-order valence-corrected chi connectivity index (χ1v) is 7.40. The van der Waals surface area contributed by atoms with Crippen molar-refractivity contribution in [2.75, 3.05) is 26.2 Å². The fourth-order valence-corrected chi connectivity index (χ4v) is 3.36. The predicted octanol–water partition coefficient (Wildman–Crippen LogP) is 3.38. The maximum Gasteiger partial charge on any atom is 0.0652 e. The number of aromatic nitrogens is 1. The summed E-state index contributed by atoms with van der Waals surface area (Å²) in [6, 6.07) is 0.206. The molecule has 0 unspecified atom stereocenters. The van der Waals surface area contributed by atoms with Gasteiger partial charge in [0.2, 0.25) is 0 Å². The van der Waals surface area contributed by atoms with E-state index in [0.717, 1.165) is 31.7 Å². The first-order chi connectivity index (χ1) is 8.91. The molecule has 1 aromatic heterocycles. The molecule has 0 bridgehead atoms. The minimum Gasteiger partial charge on any atom is -0.314 e. The Labute approximate surface area is 125 Å². The Balaban J connectivity index is 2.43. The quantitative estimate of drug-likeness (QED) is 0.908. The molecule has 0 aromatic carbocycles. The summed E-state index contributed by atoms with van der Waals surface area (Å²) in [5.74, 6) is 0. The Hall–Kier alpha value is -0.350. The molecule has 1 atom stereocenters. The molecule has 2 heterocycles. The summed E-state index contributed by atoms with van der Waals surface area (Å²) in [6.07, 6.45) is 3.37. The first kappa shape index (κ1) is 15.0. The highest BCUT2D eigenvalue weighted by molar-refractivity contribution is 6.35. The van der Waals surface area contributed by atoms with Crippen LogP contribution in [0.1, 0.15) is 32.4 Å². The van der Waals surface area contributed by atoms with Crippen molar-refractivity contribution in [2.45, 2.75) is 26.8 Å². The van der Waals surface area contributed by atoms with Gasteiger partial charge in [0.25, 0.3) is 0 Å². The van der Waals surface area contributed by atoms with E-state index in [-0.39, 0.29) is 11.5 Å². The van der Waals surface area contributed by atoms with Gasteiger partial charge in [-0.25, -0.2) is 0 Å². The van der Waals surface area contributed by atoms with E-state index >= 15 is 0 Å². The van der Waals surface area contributed by atoms with E-state index in [1.54, 1.807) is 12.4 Å². The third-order valence-electron chi connectivity index (χ3n) is 3.50. The van der Waals surface area contributed by atoms with Crippen molar-refractivity contribution in [3.05, 3.63) is 28.0 Å². The van der Waals surface area contributed by atoms with Crippen LogP contribution in [0.3, 0.4) is 0 Å². The van der Waals surface area contributed by atoms with Crippen molar-refractivity contribution in [3.63, 3.8) is 0 Å². The molecule has 0 saturated carbocycles. The fourth-order valence-electron chi connectivity index (χ4n) is 2.79. The van der Waals surface area contributed by atoms with Gasteiger partial charge < -0.3 is 5.32 Å². The molecule has 0 spiro atoms. The van der Waals surface area contributed by atoms with E-state index in [1.165, 1.54) is 0 Å². The Morgan fingerprint density at radius 3 is 2.16 bits per heavy atom. The number of nitrogens with one attached hydrogen (secondary N) is 1. The van der Waals surface area contributed by atoms with Crippen LogP contribution in [-0.4, -0.2) is 36.1 Å². The number of nitrogens with zero attached hydrogens (tertiary/aromatic N) is 2. The van der Waals surface area contributed by atoms with E-state index in [4.69, 9.17) is 23.2 Å². The molecule has 1 aromatic rings. The van der Waals surface area contributed by atoms with Crippen LogP contribution in [-0.2, 0) is 0 Å². The lowest BCUT2D eigenvalue weighted by molar-refractivity contribution is 0.0863. The third kappa shape index (κ3) is 3.40. The Bertz CT molecular complexity index is 417. The SMILES string of the molecule is CC(C)(C)[C@@H](c1c(Cl)cncc1Cl)N1CCNCC1. The molecule has 0 amide bonds. The first-order valence-electron chi connectivity index (χ1n) is 6.65. The van der Waals surface area contributed by atoms with E-state index < -0.39 is 0 Å². The lowest BCUT2D eigenvalue weighted by atomic mass is 9.81. The highest BCUT2D eigenvalue weighted by Crippen LogP contribution is 2.43. The van der Waals surface area contributed by atoms with Gasteiger partial charge in [-0.05, 0) is 5.41 Å². The molecule has 0 radical (unpaired) electrons. The van der Waals surface area contributed by atoms with E-state index in [2.05, 4.69) is 36.0 Å². The Morgan fingerprint density at radius 1 is 1.16 bits per heavy atom. The average Bonchev–Trinajstić information content (AvgIpc) is 2.33. The summed E-state index contributed by atoms with van der Waals surface area (Å²) in [5.41, 5.74) is 1.07. The molecular formula is C14H21Cl2N3. The van der Waals surface area contributed by atoms with Crippen LogP contribution in [0.2, 0.25) is 10.0 Å². The summed E-state index contributed by atoms with van der Waals surface area (Å²) in [6.45, 7) is 10.7. The van der Waals surface area contributed by atoms with Gasteiger partial charge in [0, 0.05) is 50.2 Å². The second-order valence-corrected chi connectivity index (χ2v) is 6.89. The van der Waals surface area contributed by atoms with Crippen molar-refractivity contribution in [3.8, 4) is 0 Å². The molecule has 1 N–H and O–H groups in total. The molecule has 1 saturated heterocycles. The molecule has 2 rings (SSSR count). The highest BCUT2D eigenvalue weighted by Gasteiger charge is 2.35. The molecular weight excluding hydrogens is 281 g/mol. The van der Waals surface area contributed by atoms with Crippen LogP contribution in [0.15, 0.2) is 12.4 Å². The number of halogens is 2. The van der Waals surface area contributed by atoms with Gasteiger partial charge in [0.1, 0.15) is 0 Å². The Kier molecular flexibility index (Phi) is 4.72. The number of piperazine rings is 1. The maximum atomic E-state index is 6.36. The van der Waals surface area contributed by atoms with Crippen LogP contribution >= 0.6 is 23.2 Å². The zero-order valence-electron chi connectivity index (χ0n) is 11.7. The molecule has 5 heteroatoms. The summed E-state index contributed by atoms with van der Waals surface area (Å²) in [7, 11) is 0. The predicted molar refractivity (Wildman–Crippen MR) is 80.9 cm³/mol. The van der Waals surface area contributed by atoms with E-state index in [1.807, 2.05) is 0 Å². The van der Waals surface area contributed by atoms with Gasteiger partial charge in [-0.2, -0.15) is 0 Å². The number of hydrogen-bond donors (Lipinski definition) is 1. The van der Waals surface area contributed by atoms with Gasteiger partial charge >= 0.3 is 0 Å². The van der Waals surface area contributed by atoms with Gasteiger partial charge in [-0.1, -0.05) is 44.0 Å². The molecule has 1 aliphatic rings. The van der Waals surface area contributed by atoms with Gasteiger partial charge in [-0.3, -0.25) is 9.88 Å². The molecule has 0 aliphatic carbocycles. The molecule has 106 valence electrons. The van der Waals surface area contributed by atoms with Crippen LogP contribution in [0, 0.1) is 5.41 Å². The minimum atomic E-state index is 0.0615. The average molecular weight is 302 g/mol. The zero-order valence-corrected chi connectivity index (χ0v) is 13.2. The van der Waals surface area contributed by atoms with Gasteiger partial charge in [0.05, 0.1) is 10.0 Å². The number of hydrogen-bond acceptors (Lipinski definition) is 3. The molecule has 1 fully saturated rings. The van der Waals surface area contributed by atoms with Crippen LogP contribution in [0.25, 0.3) is 0 Å². The molecule has 3 nitrogen and oxygen atoms in total. The van der Waals surface area contributed by atoms with Crippen LogP contribution in [0.4, 0.5) is 0 Å². The third-order valence-corrected chi connectivity index (χ3v) is 4.10. The van der Waals surface area contributed by atoms with Crippen molar-refractivity contribution in [2.24, 2.45) is 5.41 Å². The van der Waals surface area contributed by atoms with Crippen molar-refractivity contribution < 1.29 is 0 Å². The monoisotopic (exact) mass is 301 g/mol. The molecule has 1 aliphatic heterocycles. The zero-order chi connectivity index (χ0) is 14.0. The van der Waals surface area contributed by atoms with Crippen molar-refractivity contribution >= 4 is 23.2 Å². The van der Waals surface area contributed by atoms with E-state index in [0.29, 0.717) is 10.0 Å². The van der Waals surface area contributed by atoms with Gasteiger partial charge in [0.15, 0.2) is 0 Å². The number of pyridine rings is 1. The van der Waals surface area contributed by atoms with Gasteiger partial charge in [-0.15, -0.1) is 0 Å². The molecule has 19 heavy (non-hydrogen) atoms. The maximum absolute atomic E-state index is 6.36. The van der Waals surface area contributed by atoms with E-state index in [9.17, 15) is 0 Å². The largest absolute Gasteiger partial charge is 0.314 e. The Morgan fingerprint density at radius 2 is 1.68 bits per heavy atom. The standard InChI is InChI=1S/C14H21Cl2N3/c1-14(2,3)13(19-6-4-17-5-7-19)12-10(15)8-18-9-11(12)16/h8-9,13,17H,4-7H2,1-3H3/t13-/m1/s1. The van der Waals surface area contributed by atoms with Crippen molar-refractivity contribution in [1.29, 1.82) is 0 Å². The lowest BCUT2D eigenvalue weighted by Gasteiger charge is -2.43. The lowest BCUT2D eigenvalue weighted by Crippen LogP contribution is -2.48. The minimum absolute atomic E-state index is 0.0615. The summed E-state index contributed by atoms with van der Waals surface area (Å²) in [5, 5.41) is 4.70. The number of rotatable bonds is 2. The summed E-state index contributed by atoms with van der Waals surface area (Å²) >= 11 is 12.7. The van der Waals surface area contributed by atoms with Crippen molar-refractivity contribution in [1.82, 2.24) is 15.2 Å². The highest BCUT2D eigenvalue weighted by atomic mass is 35.5.